The summed E-state index contributed by atoms with van der Waals surface area (Å²) >= 11 is 3.35. The average molecular weight is 435 g/mol. The Labute approximate surface area is 180 Å². The Bertz CT molecular complexity index is 1300. The number of thiophene rings is 1. The lowest BCUT2D eigenvalue weighted by molar-refractivity contribution is 0.643. The van der Waals surface area contributed by atoms with Gasteiger partial charge in [0.05, 0.1) is 17.3 Å². The van der Waals surface area contributed by atoms with Crippen molar-refractivity contribution in [2.24, 2.45) is 0 Å². The number of fused-ring (bicyclic) bond motifs is 2. The maximum absolute atomic E-state index is 4.77. The van der Waals surface area contributed by atoms with Crippen LogP contribution in [0.4, 0.5) is 10.9 Å². The first-order valence-corrected chi connectivity index (χ1v) is 11.4. The van der Waals surface area contributed by atoms with Crippen molar-refractivity contribution in [3.63, 3.8) is 0 Å². The summed E-state index contributed by atoms with van der Waals surface area (Å²) in [5, 5.41) is 6.93. The Kier molecular flexibility index (Phi) is 4.13. The fourth-order valence-corrected chi connectivity index (χ4v) is 5.57. The Balaban J connectivity index is 1.21. The van der Waals surface area contributed by atoms with Crippen molar-refractivity contribution in [3.05, 3.63) is 48.0 Å². The Morgan fingerprint density at radius 3 is 2.70 bits per heavy atom. The quantitative estimate of drug-likeness (QED) is 0.430. The van der Waals surface area contributed by atoms with E-state index in [1.807, 2.05) is 29.0 Å². The highest BCUT2D eigenvalue weighted by molar-refractivity contribution is 7.20. The van der Waals surface area contributed by atoms with Gasteiger partial charge in [-0.15, -0.1) is 16.4 Å². The van der Waals surface area contributed by atoms with E-state index in [-0.39, 0.29) is 0 Å². The fourth-order valence-electron chi connectivity index (χ4n) is 3.80. The van der Waals surface area contributed by atoms with Crippen LogP contribution >= 0.6 is 22.7 Å². The molecule has 0 aliphatic carbocycles. The molecule has 0 radical (unpaired) electrons. The highest BCUT2D eigenvalue weighted by Gasteiger charge is 2.23. The van der Waals surface area contributed by atoms with Gasteiger partial charge in [-0.3, -0.25) is 4.98 Å². The molecule has 6 rings (SSSR count). The largest absolute Gasteiger partial charge is 0.352 e. The molecule has 0 N–H and O–H groups in total. The van der Waals surface area contributed by atoms with E-state index in [9.17, 15) is 0 Å². The number of rotatable bonds is 3. The van der Waals surface area contributed by atoms with Crippen LogP contribution < -0.4 is 9.80 Å². The first-order valence-electron chi connectivity index (χ1n) is 9.72. The van der Waals surface area contributed by atoms with E-state index in [1.54, 1.807) is 35.2 Å². The Hall–Kier alpha value is -3.11. The van der Waals surface area contributed by atoms with Gasteiger partial charge in [-0.1, -0.05) is 11.3 Å². The van der Waals surface area contributed by atoms with Crippen molar-refractivity contribution >= 4 is 48.8 Å². The summed E-state index contributed by atoms with van der Waals surface area (Å²) in [6.45, 7) is 5.74. The second kappa shape index (κ2) is 6.99. The van der Waals surface area contributed by atoms with Crippen LogP contribution in [-0.4, -0.2) is 55.7 Å². The SMILES string of the molecule is Cc1cc2c(N3CCN(c4nn5cc(-c6cccnc6)nc5s4)CC3)ncnc2s1. The van der Waals surface area contributed by atoms with Crippen molar-refractivity contribution in [1.29, 1.82) is 0 Å². The molecule has 0 atom stereocenters. The summed E-state index contributed by atoms with van der Waals surface area (Å²) in [7, 11) is 0. The zero-order valence-electron chi connectivity index (χ0n) is 16.3. The molecule has 10 heteroatoms. The number of hydrogen-bond donors (Lipinski definition) is 0. The number of nitrogens with zero attached hydrogens (tertiary/aromatic N) is 8. The zero-order valence-corrected chi connectivity index (χ0v) is 17.9. The van der Waals surface area contributed by atoms with Crippen molar-refractivity contribution in [1.82, 2.24) is 29.5 Å². The van der Waals surface area contributed by atoms with Crippen LogP contribution in [0.5, 0.6) is 0 Å². The molecule has 5 aromatic rings. The number of aromatic nitrogens is 6. The summed E-state index contributed by atoms with van der Waals surface area (Å²) in [5.74, 6) is 1.04. The first-order chi connectivity index (χ1) is 14.7. The van der Waals surface area contributed by atoms with Gasteiger partial charge < -0.3 is 9.80 Å². The van der Waals surface area contributed by atoms with E-state index in [4.69, 9.17) is 10.1 Å². The fraction of sp³-hybridized carbons (Fsp3) is 0.250. The van der Waals surface area contributed by atoms with Gasteiger partial charge in [0.1, 0.15) is 17.0 Å². The molecule has 150 valence electrons. The summed E-state index contributed by atoms with van der Waals surface area (Å²) in [4.78, 5) is 25.8. The molecule has 0 aromatic carbocycles. The van der Waals surface area contributed by atoms with Gasteiger partial charge in [-0.05, 0) is 25.1 Å². The monoisotopic (exact) mass is 434 g/mol. The van der Waals surface area contributed by atoms with Gasteiger partial charge in [0, 0.05) is 49.0 Å². The van der Waals surface area contributed by atoms with E-state index in [1.165, 1.54) is 4.88 Å². The van der Waals surface area contributed by atoms with Crippen LogP contribution in [0.2, 0.25) is 0 Å². The maximum Gasteiger partial charge on any atom is 0.214 e. The molecule has 0 spiro atoms. The van der Waals surface area contributed by atoms with Crippen LogP contribution in [0.25, 0.3) is 26.4 Å². The molecular weight excluding hydrogens is 416 g/mol. The Morgan fingerprint density at radius 1 is 1.03 bits per heavy atom. The number of piperazine rings is 1. The van der Waals surface area contributed by atoms with Crippen molar-refractivity contribution in [2.75, 3.05) is 36.0 Å². The second-order valence-corrected chi connectivity index (χ2v) is 9.40. The summed E-state index contributed by atoms with van der Waals surface area (Å²) in [5.41, 5.74) is 1.90. The summed E-state index contributed by atoms with van der Waals surface area (Å²) in [6.07, 6.45) is 7.24. The minimum atomic E-state index is 0.900. The molecule has 0 bridgehead atoms. The molecule has 1 aliphatic rings. The van der Waals surface area contributed by atoms with Crippen LogP contribution in [-0.2, 0) is 0 Å². The van der Waals surface area contributed by atoms with Crippen molar-refractivity contribution in [3.8, 4) is 11.3 Å². The zero-order chi connectivity index (χ0) is 20.1. The standard InChI is InChI=1S/C20H18N8S2/c1-13-9-15-17(22-12-23-18(15)29-13)26-5-7-27(8-6-26)20-25-28-11-16(24-19(28)30-20)14-3-2-4-21-10-14/h2-4,9-12H,5-8H2,1H3. The molecule has 8 nitrogen and oxygen atoms in total. The average Bonchev–Trinajstić information content (AvgIpc) is 3.46. The first kappa shape index (κ1) is 17.7. The number of hydrogen-bond acceptors (Lipinski definition) is 9. The maximum atomic E-state index is 4.77. The molecule has 0 saturated carbocycles. The van der Waals surface area contributed by atoms with Gasteiger partial charge >= 0.3 is 0 Å². The number of pyridine rings is 1. The van der Waals surface area contributed by atoms with E-state index < -0.39 is 0 Å². The van der Waals surface area contributed by atoms with Crippen LogP contribution in [0.3, 0.4) is 0 Å². The van der Waals surface area contributed by atoms with Crippen molar-refractivity contribution in [2.45, 2.75) is 6.92 Å². The second-order valence-electron chi connectivity index (χ2n) is 7.23. The van der Waals surface area contributed by atoms with E-state index in [2.05, 4.69) is 37.7 Å². The molecular formula is C20H18N8S2. The third-order valence-electron chi connectivity index (χ3n) is 5.27. The van der Waals surface area contributed by atoms with E-state index in [0.29, 0.717) is 0 Å². The van der Waals surface area contributed by atoms with Gasteiger partial charge in [-0.25, -0.2) is 19.5 Å². The van der Waals surface area contributed by atoms with Gasteiger partial charge in [0.2, 0.25) is 10.1 Å². The lowest BCUT2D eigenvalue weighted by Gasteiger charge is -2.35. The molecule has 0 unspecified atom stereocenters. The lowest BCUT2D eigenvalue weighted by atomic mass is 10.2. The predicted octanol–water partition coefficient (Wildman–Crippen LogP) is 3.49. The normalized spacial score (nSPS) is 14.8. The highest BCUT2D eigenvalue weighted by Crippen LogP contribution is 2.31. The predicted molar refractivity (Wildman–Crippen MR) is 121 cm³/mol. The van der Waals surface area contributed by atoms with Crippen LogP contribution in [0.1, 0.15) is 4.88 Å². The number of anilines is 2. The lowest BCUT2D eigenvalue weighted by Crippen LogP contribution is -2.46. The van der Waals surface area contributed by atoms with Crippen molar-refractivity contribution < 1.29 is 0 Å². The van der Waals surface area contributed by atoms with Crippen LogP contribution in [0.15, 0.2) is 43.1 Å². The summed E-state index contributed by atoms with van der Waals surface area (Å²) in [6, 6.07) is 6.13. The topological polar surface area (TPSA) is 75.3 Å². The third-order valence-corrected chi connectivity index (χ3v) is 7.21. The number of imidazole rings is 1. The molecule has 0 amide bonds. The van der Waals surface area contributed by atoms with Gasteiger partial charge in [0.15, 0.2) is 0 Å². The Morgan fingerprint density at radius 2 is 1.90 bits per heavy atom. The molecule has 5 aromatic heterocycles. The third kappa shape index (κ3) is 2.99. The van der Waals surface area contributed by atoms with Crippen LogP contribution in [0, 0.1) is 6.92 Å². The van der Waals surface area contributed by atoms with Gasteiger partial charge in [-0.2, -0.15) is 0 Å². The highest BCUT2D eigenvalue weighted by atomic mass is 32.1. The van der Waals surface area contributed by atoms with Gasteiger partial charge in [0.25, 0.3) is 0 Å². The minimum Gasteiger partial charge on any atom is -0.352 e. The molecule has 6 heterocycles. The minimum absolute atomic E-state index is 0.900. The van der Waals surface area contributed by atoms with E-state index >= 15 is 0 Å². The molecule has 30 heavy (non-hydrogen) atoms. The molecule has 1 fully saturated rings. The molecule has 1 saturated heterocycles. The molecule has 1 aliphatic heterocycles. The smallest absolute Gasteiger partial charge is 0.214 e. The van der Waals surface area contributed by atoms with E-state index in [0.717, 1.165) is 63.6 Å². The summed E-state index contributed by atoms with van der Waals surface area (Å²) < 4.78 is 1.87. The number of aryl methyl sites for hydroxylation is 1.